The van der Waals surface area contributed by atoms with Crippen LogP contribution in [0.15, 0.2) is 41.3 Å². The van der Waals surface area contributed by atoms with E-state index in [9.17, 15) is 17.6 Å². The number of halogens is 2. The van der Waals surface area contributed by atoms with E-state index in [0.717, 1.165) is 0 Å². The molecule has 0 saturated heterocycles. The van der Waals surface area contributed by atoms with Gasteiger partial charge in [-0.3, -0.25) is 4.79 Å². The summed E-state index contributed by atoms with van der Waals surface area (Å²) in [4.78, 5) is 14.5. The first-order valence-electron chi connectivity index (χ1n) is 8.83. The Labute approximate surface area is 168 Å². The molecule has 0 saturated carbocycles. The Morgan fingerprint density at radius 1 is 1.21 bits per heavy atom. The summed E-state index contributed by atoms with van der Waals surface area (Å²) in [5, 5.41) is 0.138. The fourth-order valence-corrected chi connectivity index (χ4v) is 4.77. The van der Waals surface area contributed by atoms with Gasteiger partial charge in [-0.1, -0.05) is 25.4 Å². The molecule has 3 rings (SSSR count). The second kappa shape index (κ2) is 8.06. The van der Waals surface area contributed by atoms with Gasteiger partial charge in [0.25, 0.3) is 5.91 Å². The molecule has 0 atom stereocenters. The summed E-state index contributed by atoms with van der Waals surface area (Å²) in [6, 6.07) is 7.96. The normalized spacial score (nSPS) is 14.0. The van der Waals surface area contributed by atoms with Crippen LogP contribution in [0.5, 0.6) is 5.75 Å². The van der Waals surface area contributed by atoms with Gasteiger partial charge in [0.05, 0.1) is 27.7 Å². The second-order valence-corrected chi connectivity index (χ2v) is 8.49. The third-order valence-electron chi connectivity index (χ3n) is 4.54. The number of amides is 1. The summed E-state index contributed by atoms with van der Waals surface area (Å²) in [5.74, 6) is -0.696. The van der Waals surface area contributed by atoms with Gasteiger partial charge >= 0.3 is 0 Å². The van der Waals surface area contributed by atoms with Gasteiger partial charge in [-0.2, -0.15) is 4.31 Å². The van der Waals surface area contributed by atoms with Gasteiger partial charge in [-0.05, 0) is 30.3 Å². The SMILES string of the molecule is CCN(CC)S(=O)(=O)c1ccc(Cl)c(C(=O)N2CCOc3cc(F)ccc32)c1. The summed E-state index contributed by atoms with van der Waals surface area (Å²) in [5.41, 5.74) is 0.470. The molecule has 28 heavy (non-hydrogen) atoms. The zero-order chi connectivity index (χ0) is 20.5. The lowest BCUT2D eigenvalue weighted by atomic mass is 10.1. The average Bonchev–Trinajstić information content (AvgIpc) is 2.67. The predicted molar refractivity (Wildman–Crippen MR) is 105 cm³/mol. The lowest BCUT2D eigenvalue weighted by molar-refractivity contribution is 0.0976. The van der Waals surface area contributed by atoms with Crippen LogP contribution in [-0.4, -0.2) is 44.9 Å². The molecule has 1 heterocycles. The van der Waals surface area contributed by atoms with Gasteiger partial charge in [0.15, 0.2) is 0 Å². The summed E-state index contributed by atoms with van der Waals surface area (Å²) in [6.45, 7) is 4.54. The number of nitrogens with zero attached hydrogens (tertiary/aromatic N) is 2. The van der Waals surface area contributed by atoms with E-state index in [4.69, 9.17) is 16.3 Å². The highest BCUT2D eigenvalue weighted by Gasteiger charge is 2.29. The van der Waals surface area contributed by atoms with Crippen LogP contribution >= 0.6 is 11.6 Å². The van der Waals surface area contributed by atoms with Crippen LogP contribution in [0.2, 0.25) is 5.02 Å². The number of rotatable bonds is 5. The minimum absolute atomic E-state index is 0.00320. The molecule has 0 spiro atoms. The van der Waals surface area contributed by atoms with Gasteiger partial charge in [0, 0.05) is 19.2 Å². The van der Waals surface area contributed by atoms with Gasteiger partial charge in [-0.15, -0.1) is 0 Å². The van der Waals surface area contributed by atoms with Crippen LogP contribution in [0.4, 0.5) is 10.1 Å². The molecule has 1 aliphatic heterocycles. The predicted octanol–water partition coefficient (Wildman–Crippen LogP) is 3.55. The quantitative estimate of drug-likeness (QED) is 0.733. The summed E-state index contributed by atoms with van der Waals surface area (Å²) in [6.07, 6.45) is 0. The van der Waals surface area contributed by atoms with Crippen LogP contribution in [-0.2, 0) is 10.0 Å². The lowest BCUT2D eigenvalue weighted by Gasteiger charge is -2.30. The number of anilines is 1. The molecule has 0 unspecified atom stereocenters. The van der Waals surface area contributed by atoms with Crippen molar-refractivity contribution in [3.63, 3.8) is 0 Å². The maximum atomic E-state index is 13.5. The molecule has 9 heteroatoms. The number of hydrogen-bond donors (Lipinski definition) is 0. The van der Waals surface area contributed by atoms with Crippen LogP contribution in [0.1, 0.15) is 24.2 Å². The first-order valence-corrected chi connectivity index (χ1v) is 10.6. The number of carbonyl (C=O) groups is 1. The van der Waals surface area contributed by atoms with Crippen molar-refractivity contribution in [3.8, 4) is 5.75 Å². The second-order valence-electron chi connectivity index (χ2n) is 6.15. The summed E-state index contributed by atoms with van der Waals surface area (Å²) < 4.78 is 45.8. The van der Waals surface area contributed by atoms with Crippen molar-refractivity contribution in [1.82, 2.24) is 4.31 Å². The summed E-state index contributed by atoms with van der Waals surface area (Å²) in [7, 11) is -3.74. The van der Waals surface area contributed by atoms with E-state index in [1.165, 1.54) is 45.6 Å². The molecule has 0 fully saturated rings. The van der Waals surface area contributed by atoms with E-state index >= 15 is 0 Å². The molecular weight excluding hydrogens is 407 g/mol. The van der Waals surface area contributed by atoms with Gasteiger partial charge in [0.1, 0.15) is 18.2 Å². The van der Waals surface area contributed by atoms with Crippen LogP contribution in [0.3, 0.4) is 0 Å². The fourth-order valence-electron chi connectivity index (χ4n) is 3.09. The van der Waals surface area contributed by atoms with Crippen LogP contribution < -0.4 is 9.64 Å². The molecule has 0 bridgehead atoms. The van der Waals surface area contributed by atoms with Crippen molar-refractivity contribution < 1.29 is 22.3 Å². The lowest BCUT2D eigenvalue weighted by Crippen LogP contribution is -2.38. The Hall–Kier alpha value is -2.16. The maximum absolute atomic E-state index is 13.5. The largest absolute Gasteiger partial charge is 0.489 e. The minimum atomic E-state index is -3.74. The highest BCUT2D eigenvalue weighted by molar-refractivity contribution is 7.89. The van der Waals surface area contributed by atoms with Gasteiger partial charge in [0.2, 0.25) is 10.0 Å². The highest BCUT2D eigenvalue weighted by atomic mass is 35.5. The fraction of sp³-hybridized carbons (Fsp3) is 0.316. The zero-order valence-corrected chi connectivity index (χ0v) is 17.1. The van der Waals surface area contributed by atoms with E-state index in [2.05, 4.69) is 0 Å². The van der Waals surface area contributed by atoms with Crippen molar-refractivity contribution in [2.45, 2.75) is 18.7 Å². The molecule has 2 aromatic carbocycles. The zero-order valence-electron chi connectivity index (χ0n) is 15.5. The third-order valence-corrected chi connectivity index (χ3v) is 6.92. The van der Waals surface area contributed by atoms with E-state index in [1.807, 2.05) is 0 Å². The molecule has 0 N–H and O–H groups in total. The summed E-state index contributed by atoms with van der Waals surface area (Å²) >= 11 is 6.21. The Morgan fingerprint density at radius 3 is 2.61 bits per heavy atom. The molecule has 150 valence electrons. The molecule has 0 aromatic heterocycles. The molecule has 6 nitrogen and oxygen atoms in total. The van der Waals surface area contributed by atoms with Crippen LogP contribution in [0, 0.1) is 5.82 Å². The number of sulfonamides is 1. The molecule has 0 aliphatic carbocycles. The Kier molecular flexibility index (Phi) is 5.92. The van der Waals surface area contributed by atoms with Crippen molar-refractivity contribution in [3.05, 3.63) is 52.8 Å². The van der Waals surface area contributed by atoms with E-state index < -0.39 is 21.7 Å². The average molecular weight is 427 g/mol. The topological polar surface area (TPSA) is 66.9 Å². The highest BCUT2D eigenvalue weighted by Crippen LogP contribution is 2.34. The van der Waals surface area contributed by atoms with E-state index in [-0.39, 0.29) is 34.4 Å². The number of carbonyl (C=O) groups excluding carboxylic acids is 1. The Morgan fingerprint density at radius 2 is 1.93 bits per heavy atom. The van der Waals surface area contributed by atoms with Crippen molar-refractivity contribution in [1.29, 1.82) is 0 Å². The van der Waals surface area contributed by atoms with Crippen molar-refractivity contribution in [2.24, 2.45) is 0 Å². The first kappa shape index (κ1) is 20.6. The Bertz CT molecular complexity index is 1010. The van der Waals surface area contributed by atoms with Crippen LogP contribution in [0.25, 0.3) is 0 Å². The molecular formula is C19H20ClFN2O4S. The standard InChI is InChI=1S/C19H20ClFN2O4S/c1-3-22(4-2)28(25,26)14-6-7-16(20)15(12-14)19(24)23-9-10-27-18-11-13(21)5-8-17(18)23/h5-8,11-12H,3-4,9-10H2,1-2H3. The van der Waals surface area contributed by atoms with Gasteiger partial charge in [-0.25, -0.2) is 12.8 Å². The smallest absolute Gasteiger partial charge is 0.260 e. The van der Waals surface area contributed by atoms with Gasteiger partial charge < -0.3 is 9.64 Å². The number of ether oxygens (including phenoxy) is 1. The number of fused-ring (bicyclic) bond motifs is 1. The third kappa shape index (κ3) is 3.72. The first-order chi connectivity index (χ1) is 13.3. The Balaban J connectivity index is 2.02. The van der Waals surface area contributed by atoms with E-state index in [0.29, 0.717) is 18.8 Å². The monoisotopic (exact) mass is 426 g/mol. The molecule has 0 radical (unpaired) electrons. The molecule has 2 aromatic rings. The molecule has 1 aliphatic rings. The van der Waals surface area contributed by atoms with E-state index in [1.54, 1.807) is 13.8 Å². The molecule has 1 amide bonds. The number of hydrogen-bond acceptors (Lipinski definition) is 4. The minimum Gasteiger partial charge on any atom is -0.489 e. The van der Waals surface area contributed by atoms with Crippen molar-refractivity contribution in [2.75, 3.05) is 31.1 Å². The number of benzene rings is 2. The van der Waals surface area contributed by atoms with Crippen molar-refractivity contribution >= 4 is 33.2 Å². The maximum Gasteiger partial charge on any atom is 0.260 e.